The van der Waals surface area contributed by atoms with Gasteiger partial charge in [-0.05, 0) is 47.4 Å². The zero-order chi connectivity index (χ0) is 20.1. The van der Waals surface area contributed by atoms with Gasteiger partial charge in [-0.2, -0.15) is 0 Å². The average Bonchev–Trinajstić information content (AvgIpc) is 3.17. The van der Waals surface area contributed by atoms with E-state index in [0.29, 0.717) is 17.6 Å². The molecule has 0 saturated carbocycles. The fourth-order valence-electron chi connectivity index (χ4n) is 3.29. The summed E-state index contributed by atoms with van der Waals surface area (Å²) in [6.07, 6.45) is 3.79. The number of hydrogen-bond acceptors (Lipinski definition) is 4. The Labute approximate surface area is 164 Å². The van der Waals surface area contributed by atoms with Gasteiger partial charge in [0.1, 0.15) is 0 Å². The average molecular weight is 376 g/mol. The molecule has 2 amide bonds. The first-order chi connectivity index (χ1) is 13.6. The maximum Gasteiger partial charge on any atom is 0.251 e. The van der Waals surface area contributed by atoms with E-state index >= 15 is 0 Å². The number of nitrogens with zero attached hydrogens (tertiary/aromatic N) is 1. The molecule has 0 radical (unpaired) electrons. The SMILES string of the molecule is CCC(=O)N1CCc2cc(-c3ccc(C(=O)NC/C(C=N)=C/N)cc3)ccc21. The van der Waals surface area contributed by atoms with Crippen LogP contribution in [-0.2, 0) is 11.2 Å². The summed E-state index contributed by atoms with van der Waals surface area (Å²) in [6, 6.07) is 13.5. The standard InChI is InChI=1S/C22H24N4O2/c1-2-21(27)26-10-9-19-11-18(7-8-20(19)26)16-3-5-17(6-4-16)22(28)25-14-15(12-23)13-24/h3-8,11-13,23H,2,9-10,14,24H2,1H3,(H,25,28)/b15-13+,23-12?. The number of carbonyl (C=O) groups excluding carboxylic acids is 2. The minimum Gasteiger partial charge on any atom is -0.404 e. The van der Waals surface area contributed by atoms with Crippen molar-refractivity contribution >= 4 is 23.7 Å². The van der Waals surface area contributed by atoms with Crippen molar-refractivity contribution in [1.29, 1.82) is 5.41 Å². The van der Waals surface area contributed by atoms with E-state index in [1.54, 1.807) is 12.1 Å². The molecule has 0 aromatic heterocycles. The van der Waals surface area contributed by atoms with Crippen molar-refractivity contribution in [1.82, 2.24) is 5.32 Å². The normalized spacial score (nSPS) is 13.2. The molecule has 3 rings (SSSR count). The second-order valence-corrected chi connectivity index (χ2v) is 6.64. The van der Waals surface area contributed by atoms with Crippen LogP contribution in [0, 0.1) is 5.41 Å². The van der Waals surface area contributed by atoms with Gasteiger partial charge in [0.05, 0.1) is 0 Å². The Bertz CT molecular complexity index is 932. The van der Waals surface area contributed by atoms with E-state index in [9.17, 15) is 9.59 Å². The lowest BCUT2D eigenvalue weighted by Crippen LogP contribution is -2.27. The molecule has 0 aliphatic carbocycles. The number of carbonyl (C=O) groups is 2. The maximum atomic E-state index is 12.2. The molecular weight excluding hydrogens is 352 g/mol. The summed E-state index contributed by atoms with van der Waals surface area (Å²) in [5, 5.41) is 9.92. The highest BCUT2D eigenvalue weighted by atomic mass is 16.2. The third-order valence-electron chi connectivity index (χ3n) is 4.91. The number of rotatable bonds is 6. The molecule has 1 aliphatic heterocycles. The molecule has 6 nitrogen and oxygen atoms in total. The first-order valence-electron chi connectivity index (χ1n) is 9.30. The molecule has 28 heavy (non-hydrogen) atoms. The van der Waals surface area contributed by atoms with Gasteiger partial charge in [0.2, 0.25) is 5.91 Å². The molecule has 2 aromatic rings. The number of benzene rings is 2. The molecule has 0 bridgehead atoms. The van der Waals surface area contributed by atoms with E-state index in [1.165, 1.54) is 11.8 Å². The van der Waals surface area contributed by atoms with Gasteiger partial charge in [-0.1, -0.05) is 25.1 Å². The summed E-state index contributed by atoms with van der Waals surface area (Å²) in [4.78, 5) is 26.1. The van der Waals surface area contributed by atoms with Gasteiger partial charge in [0.15, 0.2) is 0 Å². The highest BCUT2D eigenvalue weighted by Crippen LogP contribution is 2.32. The minimum absolute atomic E-state index is 0.150. The Morgan fingerprint density at radius 2 is 1.89 bits per heavy atom. The van der Waals surface area contributed by atoms with Crippen molar-refractivity contribution in [3.05, 3.63) is 65.4 Å². The number of fused-ring (bicyclic) bond motifs is 1. The zero-order valence-electron chi connectivity index (χ0n) is 15.9. The van der Waals surface area contributed by atoms with Crippen molar-refractivity contribution in [3.63, 3.8) is 0 Å². The number of anilines is 1. The second-order valence-electron chi connectivity index (χ2n) is 6.64. The predicted molar refractivity (Wildman–Crippen MR) is 112 cm³/mol. The Hall–Kier alpha value is -3.41. The summed E-state index contributed by atoms with van der Waals surface area (Å²) in [6.45, 7) is 2.84. The van der Waals surface area contributed by atoms with Crippen LogP contribution in [-0.4, -0.2) is 31.1 Å². The predicted octanol–water partition coefficient (Wildman–Crippen LogP) is 2.87. The van der Waals surface area contributed by atoms with E-state index in [0.717, 1.165) is 36.0 Å². The second kappa shape index (κ2) is 8.52. The van der Waals surface area contributed by atoms with Crippen LogP contribution in [0.25, 0.3) is 11.1 Å². The highest BCUT2D eigenvalue weighted by Gasteiger charge is 2.23. The summed E-state index contributed by atoms with van der Waals surface area (Å²) in [7, 11) is 0. The topological polar surface area (TPSA) is 99.3 Å². The molecule has 1 heterocycles. The smallest absolute Gasteiger partial charge is 0.251 e. The summed E-state index contributed by atoms with van der Waals surface area (Å²) in [5.74, 6) is -0.0621. The molecule has 0 atom stereocenters. The van der Waals surface area contributed by atoms with Crippen LogP contribution in [0.15, 0.2) is 54.2 Å². The van der Waals surface area contributed by atoms with E-state index in [2.05, 4.69) is 11.4 Å². The van der Waals surface area contributed by atoms with Crippen LogP contribution in [0.1, 0.15) is 29.3 Å². The Kier molecular flexibility index (Phi) is 5.89. The van der Waals surface area contributed by atoms with Crippen LogP contribution in [0.2, 0.25) is 0 Å². The van der Waals surface area contributed by atoms with E-state index < -0.39 is 0 Å². The van der Waals surface area contributed by atoms with Crippen LogP contribution in [0.4, 0.5) is 5.69 Å². The van der Waals surface area contributed by atoms with E-state index in [1.807, 2.05) is 36.1 Å². The number of nitrogens with two attached hydrogens (primary N) is 1. The lowest BCUT2D eigenvalue weighted by Gasteiger charge is -2.16. The van der Waals surface area contributed by atoms with Gasteiger partial charge in [0, 0.05) is 48.7 Å². The summed E-state index contributed by atoms with van der Waals surface area (Å²) >= 11 is 0. The van der Waals surface area contributed by atoms with Crippen LogP contribution >= 0.6 is 0 Å². The maximum absolute atomic E-state index is 12.2. The molecule has 0 unspecified atom stereocenters. The van der Waals surface area contributed by atoms with Gasteiger partial charge in [-0.3, -0.25) is 9.59 Å². The molecule has 144 valence electrons. The largest absolute Gasteiger partial charge is 0.404 e. The molecular formula is C22H24N4O2. The lowest BCUT2D eigenvalue weighted by molar-refractivity contribution is -0.118. The number of nitrogens with one attached hydrogen (secondary N) is 2. The zero-order valence-corrected chi connectivity index (χ0v) is 15.9. The Morgan fingerprint density at radius 3 is 2.54 bits per heavy atom. The lowest BCUT2D eigenvalue weighted by atomic mass is 10.0. The number of hydrogen-bond donors (Lipinski definition) is 3. The van der Waals surface area contributed by atoms with Gasteiger partial charge in [0.25, 0.3) is 5.91 Å². The molecule has 1 aliphatic rings. The van der Waals surface area contributed by atoms with Crippen molar-refractivity contribution in [2.24, 2.45) is 5.73 Å². The van der Waals surface area contributed by atoms with Gasteiger partial charge < -0.3 is 21.4 Å². The quantitative estimate of drug-likeness (QED) is 0.676. The fraction of sp³-hybridized carbons (Fsp3) is 0.227. The molecule has 6 heteroatoms. The van der Waals surface area contributed by atoms with Gasteiger partial charge in [-0.25, -0.2) is 0 Å². The monoisotopic (exact) mass is 376 g/mol. The first-order valence-corrected chi connectivity index (χ1v) is 9.30. The molecule has 2 aromatic carbocycles. The third-order valence-corrected chi connectivity index (χ3v) is 4.91. The Balaban J connectivity index is 1.73. The molecule has 0 saturated heterocycles. The highest BCUT2D eigenvalue weighted by molar-refractivity contribution is 5.96. The molecule has 4 N–H and O–H groups in total. The summed E-state index contributed by atoms with van der Waals surface area (Å²) in [5.41, 5.74) is 10.7. The van der Waals surface area contributed by atoms with E-state index in [-0.39, 0.29) is 18.4 Å². The van der Waals surface area contributed by atoms with Gasteiger partial charge >= 0.3 is 0 Å². The van der Waals surface area contributed by atoms with E-state index in [4.69, 9.17) is 11.1 Å². The summed E-state index contributed by atoms with van der Waals surface area (Å²) < 4.78 is 0. The third kappa shape index (κ3) is 3.96. The van der Waals surface area contributed by atoms with Crippen molar-refractivity contribution < 1.29 is 9.59 Å². The van der Waals surface area contributed by atoms with Crippen LogP contribution in [0.3, 0.4) is 0 Å². The van der Waals surface area contributed by atoms with Crippen LogP contribution < -0.4 is 16.0 Å². The minimum atomic E-state index is -0.213. The molecule has 0 spiro atoms. The molecule has 0 fully saturated rings. The van der Waals surface area contributed by atoms with Gasteiger partial charge in [-0.15, -0.1) is 0 Å². The first kappa shape index (κ1) is 19.4. The van der Waals surface area contributed by atoms with Crippen molar-refractivity contribution in [3.8, 4) is 11.1 Å². The number of amides is 2. The Morgan fingerprint density at radius 1 is 1.18 bits per heavy atom. The van der Waals surface area contributed by atoms with Crippen molar-refractivity contribution in [2.45, 2.75) is 19.8 Å². The van der Waals surface area contributed by atoms with Crippen molar-refractivity contribution in [2.75, 3.05) is 18.0 Å². The van der Waals surface area contributed by atoms with Crippen LogP contribution in [0.5, 0.6) is 0 Å². The fourth-order valence-corrected chi connectivity index (χ4v) is 3.29.